The van der Waals surface area contributed by atoms with E-state index >= 15 is 0 Å². The first kappa shape index (κ1) is 18.2. The summed E-state index contributed by atoms with van der Waals surface area (Å²) in [6, 6.07) is 16.2. The van der Waals surface area contributed by atoms with Crippen molar-refractivity contribution in [2.24, 2.45) is 11.8 Å². The standard InChI is InChI=1S/C23H23NO5/c25-22(26)18-9-10-24(21-13-28-11-20(18)21)23(27)29-12-19-16-7-3-1-5-14(16)15-6-2-4-8-17(15)19/h1-8,18-21H,9-13H2,(H,25,26)/t18?,20-,21+/m0/s1. The molecule has 1 N–H and O–H groups in total. The van der Waals surface area contributed by atoms with E-state index in [2.05, 4.69) is 24.3 Å². The number of hydrogen-bond acceptors (Lipinski definition) is 4. The Balaban J connectivity index is 1.32. The number of amides is 1. The van der Waals surface area contributed by atoms with Gasteiger partial charge < -0.3 is 19.5 Å². The molecule has 1 amide bonds. The van der Waals surface area contributed by atoms with Gasteiger partial charge in [0.15, 0.2) is 0 Å². The Bertz CT molecular complexity index is 912. The number of carboxylic acids is 1. The third-order valence-electron chi connectivity index (χ3n) is 6.58. The molecule has 2 saturated heterocycles. The van der Waals surface area contributed by atoms with Crippen molar-refractivity contribution in [3.63, 3.8) is 0 Å². The lowest BCUT2D eigenvalue weighted by molar-refractivity contribution is -0.146. The number of aliphatic carboxylic acids is 1. The lowest BCUT2D eigenvalue weighted by Crippen LogP contribution is -2.53. The molecule has 5 rings (SSSR count). The first-order chi connectivity index (χ1) is 14.1. The first-order valence-corrected chi connectivity index (χ1v) is 10.1. The molecule has 0 spiro atoms. The van der Waals surface area contributed by atoms with E-state index < -0.39 is 11.9 Å². The van der Waals surface area contributed by atoms with Crippen molar-refractivity contribution in [2.45, 2.75) is 18.4 Å². The van der Waals surface area contributed by atoms with Crippen molar-refractivity contribution in [1.82, 2.24) is 4.90 Å². The summed E-state index contributed by atoms with van der Waals surface area (Å²) >= 11 is 0. The quantitative estimate of drug-likeness (QED) is 0.865. The molecule has 0 radical (unpaired) electrons. The average molecular weight is 393 g/mol. The van der Waals surface area contributed by atoms with Crippen LogP contribution in [0.15, 0.2) is 48.5 Å². The van der Waals surface area contributed by atoms with Gasteiger partial charge in [0, 0.05) is 18.4 Å². The molecule has 0 saturated carbocycles. The van der Waals surface area contributed by atoms with E-state index in [1.165, 1.54) is 22.3 Å². The predicted molar refractivity (Wildman–Crippen MR) is 106 cm³/mol. The van der Waals surface area contributed by atoms with Gasteiger partial charge in [-0.2, -0.15) is 0 Å². The van der Waals surface area contributed by atoms with Crippen molar-refractivity contribution in [3.8, 4) is 11.1 Å². The number of piperidine rings is 1. The number of ether oxygens (including phenoxy) is 2. The SMILES string of the molecule is O=C(O)C1CCN(C(=O)OCC2c3ccccc3-c3ccccc32)[C@@H]2COC[C@@H]12. The highest BCUT2D eigenvalue weighted by Crippen LogP contribution is 2.44. The lowest BCUT2D eigenvalue weighted by Gasteiger charge is -2.38. The number of carbonyl (C=O) groups excluding carboxylic acids is 1. The van der Waals surface area contributed by atoms with Gasteiger partial charge in [0.05, 0.1) is 25.2 Å². The number of carboxylic acid groups (broad SMARTS) is 1. The van der Waals surface area contributed by atoms with Crippen molar-refractivity contribution in [1.29, 1.82) is 0 Å². The molecule has 0 aromatic heterocycles. The summed E-state index contributed by atoms with van der Waals surface area (Å²) in [5.74, 6) is -1.42. The summed E-state index contributed by atoms with van der Waals surface area (Å²) in [5.41, 5.74) is 4.73. The zero-order valence-electron chi connectivity index (χ0n) is 16.0. The Morgan fingerprint density at radius 3 is 2.34 bits per heavy atom. The smallest absolute Gasteiger partial charge is 0.410 e. The molecule has 2 aromatic rings. The molecule has 150 valence electrons. The second-order valence-corrected chi connectivity index (χ2v) is 8.00. The zero-order chi connectivity index (χ0) is 20.0. The van der Waals surface area contributed by atoms with Crippen LogP contribution in [0.25, 0.3) is 11.1 Å². The first-order valence-electron chi connectivity index (χ1n) is 10.1. The monoisotopic (exact) mass is 393 g/mol. The topological polar surface area (TPSA) is 76.1 Å². The van der Waals surface area contributed by atoms with Crippen LogP contribution in [0.1, 0.15) is 23.5 Å². The van der Waals surface area contributed by atoms with Gasteiger partial charge in [-0.15, -0.1) is 0 Å². The predicted octanol–water partition coefficient (Wildman–Crippen LogP) is 3.36. The Morgan fingerprint density at radius 2 is 1.69 bits per heavy atom. The maximum absolute atomic E-state index is 12.9. The van der Waals surface area contributed by atoms with Crippen molar-refractivity contribution in [3.05, 3.63) is 59.7 Å². The van der Waals surface area contributed by atoms with E-state index in [4.69, 9.17) is 9.47 Å². The summed E-state index contributed by atoms with van der Waals surface area (Å²) in [4.78, 5) is 26.1. The van der Waals surface area contributed by atoms with Crippen molar-refractivity contribution in [2.75, 3.05) is 26.4 Å². The zero-order valence-corrected chi connectivity index (χ0v) is 16.0. The van der Waals surface area contributed by atoms with Gasteiger partial charge in [-0.1, -0.05) is 48.5 Å². The molecule has 2 fully saturated rings. The third kappa shape index (κ3) is 2.99. The van der Waals surface area contributed by atoms with Gasteiger partial charge in [0.25, 0.3) is 0 Å². The van der Waals surface area contributed by atoms with Crippen LogP contribution < -0.4 is 0 Å². The van der Waals surface area contributed by atoms with Gasteiger partial charge in [-0.25, -0.2) is 4.79 Å². The van der Waals surface area contributed by atoms with Gasteiger partial charge in [0.2, 0.25) is 0 Å². The molecular weight excluding hydrogens is 370 g/mol. The minimum atomic E-state index is -0.808. The molecule has 1 unspecified atom stereocenters. The summed E-state index contributed by atoms with van der Waals surface area (Å²) in [5, 5.41) is 9.45. The summed E-state index contributed by atoms with van der Waals surface area (Å²) in [6.45, 7) is 1.41. The molecule has 29 heavy (non-hydrogen) atoms. The normalized spacial score (nSPS) is 25.2. The van der Waals surface area contributed by atoms with E-state index in [-0.39, 0.29) is 30.6 Å². The number of nitrogens with zero attached hydrogens (tertiary/aromatic N) is 1. The van der Waals surface area contributed by atoms with Crippen LogP contribution in [0.2, 0.25) is 0 Å². The van der Waals surface area contributed by atoms with Crippen molar-refractivity contribution >= 4 is 12.1 Å². The molecule has 3 atom stereocenters. The molecule has 3 aliphatic rings. The van der Waals surface area contributed by atoms with Crippen LogP contribution in [-0.2, 0) is 14.3 Å². The minimum absolute atomic E-state index is 0.0125. The molecule has 0 bridgehead atoms. The second-order valence-electron chi connectivity index (χ2n) is 8.00. The lowest BCUT2D eigenvalue weighted by atomic mass is 9.82. The highest BCUT2D eigenvalue weighted by molar-refractivity contribution is 5.79. The van der Waals surface area contributed by atoms with Crippen LogP contribution in [0.4, 0.5) is 4.79 Å². The van der Waals surface area contributed by atoms with E-state index in [1.54, 1.807) is 4.90 Å². The van der Waals surface area contributed by atoms with Gasteiger partial charge in [-0.3, -0.25) is 4.79 Å². The van der Waals surface area contributed by atoms with Gasteiger partial charge >= 0.3 is 12.1 Å². The van der Waals surface area contributed by atoms with E-state index in [1.807, 2.05) is 24.3 Å². The fourth-order valence-electron chi connectivity index (χ4n) is 5.13. The van der Waals surface area contributed by atoms with Gasteiger partial charge in [0.1, 0.15) is 6.61 Å². The number of hydrogen-bond donors (Lipinski definition) is 1. The fraction of sp³-hybridized carbons (Fsp3) is 0.391. The van der Waals surface area contributed by atoms with Crippen LogP contribution >= 0.6 is 0 Å². The van der Waals surface area contributed by atoms with Gasteiger partial charge in [-0.05, 0) is 28.7 Å². The van der Waals surface area contributed by atoms with Crippen LogP contribution in [0, 0.1) is 11.8 Å². The van der Waals surface area contributed by atoms with E-state index in [9.17, 15) is 14.7 Å². The number of fused-ring (bicyclic) bond motifs is 4. The number of likely N-dealkylation sites (tertiary alicyclic amines) is 1. The Hall–Kier alpha value is -2.86. The molecule has 6 nitrogen and oxygen atoms in total. The largest absolute Gasteiger partial charge is 0.481 e. The number of benzene rings is 2. The summed E-state index contributed by atoms with van der Waals surface area (Å²) in [6.07, 6.45) is 0.0561. The van der Waals surface area contributed by atoms with E-state index in [0.717, 1.165) is 0 Å². The Labute approximate surface area is 169 Å². The van der Waals surface area contributed by atoms with Crippen LogP contribution in [0.3, 0.4) is 0 Å². The minimum Gasteiger partial charge on any atom is -0.481 e. The maximum Gasteiger partial charge on any atom is 0.410 e. The molecule has 2 heterocycles. The van der Waals surface area contributed by atoms with Crippen molar-refractivity contribution < 1.29 is 24.2 Å². The fourth-order valence-corrected chi connectivity index (χ4v) is 5.13. The molecule has 1 aliphatic carbocycles. The van der Waals surface area contributed by atoms with E-state index in [0.29, 0.717) is 26.2 Å². The Kier molecular flexibility index (Phi) is 4.51. The highest BCUT2D eigenvalue weighted by atomic mass is 16.6. The molecule has 6 heteroatoms. The maximum atomic E-state index is 12.9. The highest BCUT2D eigenvalue weighted by Gasteiger charge is 2.47. The average Bonchev–Trinajstić information content (AvgIpc) is 3.34. The molecule has 2 aliphatic heterocycles. The summed E-state index contributed by atoms with van der Waals surface area (Å²) in [7, 11) is 0. The molecular formula is C23H23NO5. The van der Waals surface area contributed by atoms with Crippen LogP contribution in [0.5, 0.6) is 0 Å². The van der Waals surface area contributed by atoms with Crippen LogP contribution in [-0.4, -0.2) is 54.5 Å². The molecule has 2 aromatic carbocycles. The summed E-state index contributed by atoms with van der Waals surface area (Å²) < 4.78 is 11.3. The second kappa shape index (κ2) is 7.19. The number of rotatable bonds is 3. The third-order valence-corrected chi connectivity index (χ3v) is 6.58. The Morgan fingerprint density at radius 1 is 1.03 bits per heavy atom. The number of carbonyl (C=O) groups is 2.